The van der Waals surface area contributed by atoms with E-state index >= 15 is 0 Å². The molecular weight excluding hydrogens is 462 g/mol. The molecule has 0 aliphatic carbocycles. The van der Waals surface area contributed by atoms with Gasteiger partial charge in [0, 0.05) is 46.6 Å². The van der Waals surface area contributed by atoms with Gasteiger partial charge >= 0.3 is 0 Å². The Morgan fingerprint density at radius 1 is 1.09 bits per heavy atom. The Morgan fingerprint density at radius 2 is 1.91 bits per heavy atom. The molecule has 0 saturated carbocycles. The Bertz CT molecular complexity index is 1780. The SMILES string of the molecule is COc1ccc2[nH]cc(CCn3ccc4c(cnc5c(-c6ccc(Cl)cc6)c(C)nn54)c3=O)c2c1. The summed E-state index contributed by atoms with van der Waals surface area (Å²) in [5, 5.41) is 7.01. The predicted octanol–water partition coefficient (Wildman–Crippen LogP) is 5.41. The predicted molar refractivity (Wildman–Crippen MR) is 138 cm³/mol. The fourth-order valence-corrected chi connectivity index (χ4v) is 4.81. The lowest BCUT2D eigenvalue weighted by Gasteiger charge is -2.08. The van der Waals surface area contributed by atoms with E-state index in [2.05, 4.69) is 9.97 Å². The second-order valence-electron chi connectivity index (χ2n) is 8.55. The number of pyridine rings is 1. The molecule has 0 atom stereocenters. The maximum atomic E-state index is 13.3. The molecule has 2 aromatic carbocycles. The molecule has 0 aliphatic heterocycles. The minimum Gasteiger partial charge on any atom is -0.497 e. The van der Waals surface area contributed by atoms with Crippen molar-refractivity contribution < 1.29 is 4.74 Å². The van der Waals surface area contributed by atoms with Crippen molar-refractivity contribution in [1.82, 2.24) is 24.1 Å². The zero-order valence-electron chi connectivity index (χ0n) is 19.2. The molecule has 0 saturated heterocycles. The van der Waals surface area contributed by atoms with E-state index in [0.29, 0.717) is 29.0 Å². The number of ether oxygens (including phenoxy) is 1. The molecular formula is C27H22ClN5O2. The van der Waals surface area contributed by atoms with Crippen LogP contribution in [0.25, 0.3) is 38.6 Å². The Labute approximate surface area is 205 Å². The third kappa shape index (κ3) is 3.56. The van der Waals surface area contributed by atoms with Crippen LogP contribution in [0.5, 0.6) is 5.75 Å². The minimum atomic E-state index is -0.0875. The summed E-state index contributed by atoms with van der Waals surface area (Å²) in [5.74, 6) is 0.809. The zero-order valence-corrected chi connectivity index (χ0v) is 20.0. The standard InChI is InChI=1S/C27H22ClN5O2/c1-16-25(17-3-5-19(28)6-4-17)26-30-15-22-24(33(26)31-16)10-12-32(27(22)34)11-9-18-14-29-23-8-7-20(35-2)13-21(18)23/h3-8,10,12-15,29H,9,11H2,1-2H3. The summed E-state index contributed by atoms with van der Waals surface area (Å²) in [6, 6.07) is 15.5. The molecule has 0 radical (unpaired) electrons. The molecule has 35 heavy (non-hydrogen) atoms. The van der Waals surface area contributed by atoms with Gasteiger partial charge in [0.25, 0.3) is 5.56 Å². The maximum absolute atomic E-state index is 13.3. The number of halogens is 1. The second kappa shape index (κ2) is 8.29. The highest BCUT2D eigenvalue weighted by Crippen LogP contribution is 2.29. The molecule has 0 aliphatic rings. The number of aryl methyl sites for hydroxylation is 3. The lowest BCUT2D eigenvalue weighted by molar-refractivity contribution is 0.415. The summed E-state index contributed by atoms with van der Waals surface area (Å²) in [6.45, 7) is 2.49. The number of nitrogens with one attached hydrogen (secondary N) is 1. The van der Waals surface area contributed by atoms with Gasteiger partial charge in [-0.15, -0.1) is 0 Å². The molecule has 0 fully saturated rings. The molecule has 0 amide bonds. The Morgan fingerprint density at radius 3 is 2.71 bits per heavy atom. The number of benzene rings is 2. The molecule has 174 valence electrons. The van der Waals surface area contributed by atoms with Gasteiger partial charge in [-0.25, -0.2) is 9.50 Å². The Balaban J connectivity index is 1.38. The van der Waals surface area contributed by atoms with Crippen molar-refractivity contribution in [2.75, 3.05) is 7.11 Å². The van der Waals surface area contributed by atoms with Gasteiger partial charge in [-0.3, -0.25) is 4.79 Å². The number of fused-ring (bicyclic) bond motifs is 4. The topological polar surface area (TPSA) is 77.2 Å². The van der Waals surface area contributed by atoms with E-state index < -0.39 is 0 Å². The van der Waals surface area contributed by atoms with Gasteiger partial charge in [0.05, 0.1) is 23.7 Å². The quantitative estimate of drug-likeness (QED) is 0.356. The normalized spacial score (nSPS) is 11.6. The van der Waals surface area contributed by atoms with Crippen LogP contribution in [0.3, 0.4) is 0 Å². The van der Waals surface area contributed by atoms with Crippen molar-refractivity contribution in [3.8, 4) is 16.9 Å². The average Bonchev–Trinajstić information content (AvgIpc) is 3.43. The van der Waals surface area contributed by atoms with Crippen molar-refractivity contribution in [1.29, 1.82) is 0 Å². The fraction of sp³-hybridized carbons (Fsp3) is 0.148. The first kappa shape index (κ1) is 21.4. The van der Waals surface area contributed by atoms with E-state index in [-0.39, 0.29) is 5.56 Å². The molecule has 1 N–H and O–H groups in total. The zero-order chi connectivity index (χ0) is 24.1. The van der Waals surface area contributed by atoms with Gasteiger partial charge in [-0.05, 0) is 60.9 Å². The molecule has 7 nitrogen and oxygen atoms in total. The number of hydrogen-bond donors (Lipinski definition) is 1. The van der Waals surface area contributed by atoms with E-state index in [9.17, 15) is 4.79 Å². The Kier molecular flexibility index (Phi) is 5.07. The van der Waals surface area contributed by atoms with Gasteiger partial charge in [-0.2, -0.15) is 5.10 Å². The number of H-pyrrole nitrogens is 1. The number of aromatic amines is 1. The molecule has 8 heteroatoms. The van der Waals surface area contributed by atoms with Crippen LogP contribution < -0.4 is 10.3 Å². The summed E-state index contributed by atoms with van der Waals surface area (Å²) in [4.78, 5) is 21.3. The van der Waals surface area contributed by atoms with Crippen LogP contribution >= 0.6 is 11.6 Å². The minimum absolute atomic E-state index is 0.0875. The summed E-state index contributed by atoms with van der Waals surface area (Å²) >= 11 is 6.06. The largest absolute Gasteiger partial charge is 0.497 e. The smallest absolute Gasteiger partial charge is 0.261 e. The number of hydrogen-bond acceptors (Lipinski definition) is 4. The second-order valence-corrected chi connectivity index (χ2v) is 8.99. The molecule has 6 rings (SSSR count). The monoisotopic (exact) mass is 483 g/mol. The van der Waals surface area contributed by atoms with Gasteiger partial charge in [0.1, 0.15) is 5.75 Å². The van der Waals surface area contributed by atoms with Crippen LogP contribution in [0, 0.1) is 6.92 Å². The van der Waals surface area contributed by atoms with E-state index in [0.717, 1.165) is 44.6 Å². The third-order valence-electron chi connectivity index (χ3n) is 6.49. The first-order valence-corrected chi connectivity index (χ1v) is 11.7. The molecule has 4 heterocycles. The highest BCUT2D eigenvalue weighted by Gasteiger charge is 2.16. The first-order chi connectivity index (χ1) is 17.0. The summed E-state index contributed by atoms with van der Waals surface area (Å²) in [6.07, 6.45) is 6.18. The van der Waals surface area contributed by atoms with E-state index in [1.807, 2.05) is 67.8 Å². The summed E-state index contributed by atoms with van der Waals surface area (Å²) < 4.78 is 8.85. The molecule has 6 aromatic rings. The lowest BCUT2D eigenvalue weighted by Crippen LogP contribution is -2.21. The summed E-state index contributed by atoms with van der Waals surface area (Å²) in [5.41, 5.74) is 6.29. The van der Waals surface area contributed by atoms with E-state index in [4.69, 9.17) is 21.4 Å². The van der Waals surface area contributed by atoms with Gasteiger partial charge in [0.15, 0.2) is 5.65 Å². The molecule has 0 bridgehead atoms. The number of rotatable bonds is 5. The van der Waals surface area contributed by atoms with Gasteiger partial charge in [-0.1, -0.05) is 23.7 Å². The molecule has 0 unspecified atom stereocenters. The number of methoxy groups -OCH3 is 1. The van der Waals surface area contributed by atoms with E-state index in [1.54, 1.807) is 22.4 Å². The fourth-order valence-electron chi connectivity index (χ4n) is 4.68. The molecule has 4 aromatic heterocycles. The van der Waals surface area contributed by atoms with Crippen LogP contribution in [0.4, 0.5) is 0 Å². The number of nitrogens with zero attached hydrogens (tertiary/aromatic N) is 4. The van der Waals surface area contributed by atoms with Crippen molar-refractivity contribution >= 4 is 39.1 Å². The van der Waals surface area contributed by atoms with Crippen molar-refractivity contribution in [3.05, 3.63) is 93.8 Å². The van der Waals surface area contributed by atoms with Crippen LogP contribution in [0.2, 0.25) is 5.02 Å². The first-order valence-electron chi connectivity index (χ1n) is 11.3. The van der Waals surface area contributed by atoms with Gasteiger partial charge in [0.2, 0.25) is 0 Å². The highest BCUT2D eigenvalue weighted by atomic mass is 35.5. The van der Waals surface area contributed by atoms with Crippen molar-refractivity contribution in [3.63, 3.8) is 0 Å². The third-order valence-corrected chi connectivity index (χ3v) is 6.74. The van der Waals surface area contributed by atoms with Crippen molar-refractivity contribution in [2.45, 2.75) is 19.9 Å². The number of aromatic nitrogens is 5. The van der Waals surface area contributed by atoms with Crippen molar-refractivity contribution in [2.24, 2.45) is 0 Å². The van der Waals surface area contributed by atoms with Crippen LogP contribution in [0.1, 0.15) is 11.3 Å². The van der Waals surface area contributed by atoms with Crippen LogP contribution in [-0.2, 0) is 13.0 Å². The highest BCUT2D eigenvalue weighted by molar-refractivity contribution is 6.30. The maximum Gasteiger partial charge on any atom is 0.261 e. The van der Waals surface area contributed by atoms with E-state index in [1.165, 1.54) is 0 Å². The van der Waals surface area contributed by atoms with Crippen LogP contribution in [0.15, 0.2) is 71.9 Å². The Hall–Kier alpha value is -4.10. The average molecular weight is 484 g/mol. The molecule has 0 spiro atoms. The van der Waals surface area contributed by atoms with Gasteiger partial charge < -0.3 is 14.3 Å². The van der Waals surface area contributed by atoms with Crippen LogP contribution in [-0.4, -0.2) is 31.3 Å². The summed E-state index contributed by atoms with van der Waals surface area (Å²) in [7, 11) is 1.66. The lowest BCUT2D eigenvalue weighted by atomic mass is 10.1.